The molecule has 1 atom stereocenters. The Kier molecular flexibility index (Phi) is 2.86. The molecule has 0 saturated carbocycles. The molecule has 0 radical (unpaired) electrons. The summed E-state index contributed by atoms with van der Waals surface area (Å²) in [5.74, 6) is 1.01. The zero-order valence-electron chi connectivity index (χ0n) is 9.18. The number of carbonyl (C=O) groups excluding carboxylic acids is 1. The van der Waals surface area contributed by atoms with Crippen LogP contribution in [0.4, 0.5) is 5.82 Å². The van der Waals surface area contributed by atoms with Crippen LogP contribution in [0.3, 0.4) is 0 Å². The van der Waals surface area contributed by atoms with Crippen LogP contribution in [0.5, 0.6) is 0 Å². The van der Waals surface area contributed by atoms with Crippen molar-refractivity contribution in [3.05, 3.63) is 23.9 Å². The molecule has 82 valence electrons. The summed E-state index contributed by atoms with van der Waals surface area (Å²) in [4.78, 5) is 17.5. The Bertz CT molecular complexity index is 450. The molecule has 1 fully saturated rings. The Hall–Kier alpha value is -1.89. The van der Waals surface area contributed by atoms with Gasteiger partial charge in [-0.1, -0.05) is 0 Å². The van der Waals surface area contributed by atoms with Crippen molar-refractivity contribution in [3.63, 3.8) is 0 Å². The lowest BCUT2D eigenvalue weighted by Crippen LogP contribution is -2.23. The predicted octanol–water partition coefficient (Wildman–Crippen LogP) is 1.37. The molecule has 0 N–H and O–H groups in total. The van der Waals surface area contributed by atoms with Crippen molar-refractivity contribution in [2.45, 2.75) is 13.3 Å². The standard InChI is InChI=1S/C12H13N3O/c1-9(16)11-4-6-15(8-11)12-10(7-13)3-2-5-14-12/h2-3,5,11H,4,6,8H2,1H3/t11-/m0/s1. The zero-order chi connectivity index (χ0) is 11.5. The van der Waals surface area contributed by atoms with Crippen molar-refractivity contribution in [1.29, 1.82) is 5.26 Å². The minimum Gasteiger partial charge on any atom is -0.355 e. The van der Waals surface area contributed by atoms with Gasteiger partial charge in [0.15, 0.2) is 0 Å². The van der Waals surface area contributed by atoms with E-state index in [2.05, 4.69) is 11.1 Å². The lowest BCUT2D eigenvalue weighted by Gasteiger charge is -2.17. The van der Waals surface area contributed by atoms with Gasteiger partial charge in [-0.15, -0.1) is 0 Å². The van der Waals surface area contributed by atoms with E-state index in [1.165, 1.54) is 0 Å². The van der Waals surface area contributed by atoms with E-state index in [-0.39, 0.29) is 11.7 Å². The van der Waals surface area contributed by atoms with Crippen molar-refractivity contribution >= 4 is 11.6 Å². The van der Waals surface area contributed by atoms with Crippen LogP contribution in [-0.2, 0) is 4.79 Å². The first-order valence-corrected chi connectivity index (χ1v) is 5.33. The molecule has 0 aromatic carbocycles. The molecule has 1 aromatic heterocycles. The van der Waals surface area contributed by atoms with Crippen LogP contribution in [-0.4, -0.2) is 23.9 Å². The van der Waals surface area contributed by atoms with Gasteiger partial charge in [0.1, 0.15) is 17.7 Å². The van der Waals surface area contributed by atoms with Crippen LogP contribution in [0.15, 0.2) is 18.3 Å². The SMILES string of the molecule is CC(=O)[C@H]1CCN(c2ncccc2C#N)C1. The quantitative estimate of drug-likeness (QED) is 0.747. The number of anilines is 1. The van der Waals surface area contributed by atoms with Gasteiger partial charge < -0.3 is 4.90 Å². The normalized spacial score (nSPS) is 19.5. The second kappa shape index (κ2) is 4.31. The molecular weight excluding hydrogens is 202 g/mol. The number of pyridine rings is 1. The molecule has 16 heavy (non-hydrogen) atoms. The number of aromatic nitrogens is 1. The van der Waals surface area contributed by atoms with Crippen molar-refractivity contribution < 1.29 is 4.79 Å². The molecule has 0 spiro atoms. The number of ketones is 1. The van der Waals surface area contributed by atoms with Gasteiger partial charge in [-0.25, -0.2) is 4.98 Å². The number of hydrogen-bond acceptors (Lipinski definition) is 4. The molecule has 2 heterocycles. The Morgan fingerprint density at radius 3 is 3.12 bits per heavy atom. The number of nitrogens with zero attached hydrogens (tertiary/aromatic N) is 3. The smallest absolute Gasteiger partial charge is 0.146 e. The average Bonchev–Trinajstić information content (AvgIpc) is 2.78. The van der Waals surface area contributed by atoms with Crippen LogP contribution in [0.1, 0.15) is 18.9 Å². The monoisotopic (exact) mass is 215 g/mol. The van der Waals surface area contributed by atoms with E-state index < -0.39 is 0 Å². The predicted molar refractivity (Wildman–Crippen MR) is 60.0 cm³/mol. The van der Waals surface area contributed by atoms with Gasteiger partial charge >= 0.3 is 0 Å². The van der Waals surface area contributed by atoms with Gasteiger partial charge in [-0.3, -0.25) is 4.79 Å². The molecule has 4 nitrogen and oxygen atoms in total. The molecule has 0 bridgehead atoms. The summed E-state index contributed by atoms with van der Waals surface area (Å²) in [6, 6.07) is 5.63. The Labute approximate surface area is 94.5 Å². The van der Waals surface area contributed by atoms with Crippen molar-refractivity contribution in [1.82, 2.24) is 4.98 Å². The van der Waals surface area contributed by atoms with E-state index in [4.69, 9.17) is 5.26 Å². The van der Waals surface area contributed by atoms with E-state index in [0.717, 1.165) is 13.0 Å². The van der Waals surface area contributed by atoms with E-state index in [9.17, 15) is 4.79 Å². The Balaban J connectivity index is 2.21. The van der Waals surface area contributed by atoms with Gasteiger partial charge in [0.2, 0.25) is 0 Å². The zero-order valence-corrected chi connectivity index (χ0v) is 9.18. The molecule has 2 rings (SSSR count). The number of Topliss-reactive ketones (excluding diaryl/α,β-unsaturated/α-hetero) is 1. The summed E-state index contributed by atoms with van der Waals surface area (Å²) >= 11 is 0. The minimum atomic E-state index is 0.0912. The number of rotatable bonds is 2. The molecule has 0 aliphatic carbocycles. The van der Waals surface area contributed by atoms with Gasteiger partial charge in [0.05, 0.1) is 5.56 Å². The first kappa shape index (κ1) is 10.6. The summed E-state index contributed by atoms with van der Waals surface area (Å²) in [5.41, 5.74) is 0.576. The average molecular weight is 215 g/mol. The third kappa shape index (κ3) is 1.89. The van der Waals surface area contributed by atoms with Gasteiger partial charge in [-0.2, -0.15) is 5.26 Å². The molecule has 1 aliphatic heterocycles. The van der Waals surface area contributed by atoms with Gasteiger partial charge in [0.25, 0.3) is 0 Å². The van der Waals surface area contributed by atoms with Crippen molar-refractivity contribution in [2.24, 2.45) is 5.92 Å². The van der Waals surface area contributed by atoms with E-state index >= 15 is 0 Å². The lowest BCUT2D eigenvalue weighted by molar-refractivity contribution is -0.120. The minimum absolute atomic E-state index is 0.0912. The fraction of sp³-hybridized carbons (Fsp3) is 0.417. The maximum atomic E-state index is 11.3. The second-order valence-electron chi connectivity index (χ2n) is 4.03. The highest BCUT2D eigenvalue weighted by Crippen LogP contribution is 2.24. The largest absolute Gasteiger partial charge is 0.355 e. The second-order valence-corrected chi connectivity index (χ2v) is 4.03. The van der Waals surface area contributed by atoms with Crippen molar-refractivity contribution in [2.75, 3.05) is 18.0 Å². The topological polar surface area (TPSA) is 57.0 Å². The van der Waals surface area contributed by atoms with Gasteiger partial charge in [0, 0.05) is 25.2 Å². The maximum absolute atomic E-state index is 11.3. The summed E-state index contributed by atoms with van der Waals surface area (Å²) in [5, 5.41) is 8.97. The third-order valence-electron chi connectivity index (χ3n) is 2.97. The Morgan fingerprint density at radius 1 is 1.69 bits per heavy atom. The maximum Gasteiger partial charge on any atom is 0.146 e. The molecule has 0 unspecified atom stereocenters. The molecule has 1 saturated heterocycles. The van der Waals surface area contributed by atoms with Crippen LogP contribution < -0.4 is 4.90 Å². The van der Waals surface area contributed by atoms with E-state index in [1.54, 1.807) is 25.3 Å². The highest BCUT2D eigenvalue weighted by Gasteiger charge is 2.27. The highest BCUT2D eigenvalue weighted by molar-refractivity contribution is 5.79. The summed E-state index contributed by atoms with van der Waals surface area (Å²) < 4.78 is 0. The third-order valence-corrected chi connectivity index (χ3v) is 2.97. The first-order chi connectivity index (χ1) is 7.72. The molecule has 4 heteroatoms. The lowest BCUT2D eigenvalue weighted by atomic mass is 10.1. The van der Waals surface area contributed by atoms with Gasteiger partial charge in [-0.05, 0) is 25.5 Å². The summed E-state index contributed by atoms with van der Waals surface area (Å²) in [6.45, 7) is 3.11. The number of nitriles is 1. The van der Waals surface area contributed by atoms with Crippen LogP contribution >= 0.6 is 0 Å². The molecule has 1 aromatic rings. The first-order valence-electron chi connectivity index (χ1n) is 5.33. The van der Waals surface area contributed by atoms with Crippen LogP contribution in [0.25, 0.3) is 0 Å². The van der Waals surface area contributed by atoms with E-state index in [0.29, 0.717) is 17.9 Å². The number of carbonyl (C=O) groups is 1. The Morgan fingerprint density at radius 2 is 2.50 bits per heavy atom. The fourth-order valence-electron chi connectivity index (χ4n) is 2.02. The number of hydrogen-bond donors (Lipinski definition) is 0. The summed E-state index contributed by atoms with van der Waals surface area (Å²) in [7, 11) is 0. The highest BCUT2D eigenvalue weighted by atomic mass is 16.1. The fourth-order valence-corrected chi connectivity index (χ4v) is 2.02. The summed E-state index contributed by atoms with van der Waals surface area (Å²) in [6.07, 6.45) is 2.54. The van der Waals surface area contributed by atoms with Crippen molar-refractivity contribution in [3.8, 4) is 6.07 Å². The van der Waals surface area contributed by atoms with E-state index in [1.807, 2.05) is 4.90 Å². The van der Waals surface area contributed by atoms with Crippen LogP contribution in [0, 0.1) is 17.2 Å². The van der Waals surface area contributed by atoms with Crippen LogP contribution in [0.2, 0.25) is 0 Å². The molecule has 1 aliphatic rings. The molecule has 0 amide bonds. The molecular formula is C12H13N3O.